The van der Waals surface area contributed by atoms with Gasteiger partial charge in [0.05, 0.1) is 6.10 Å². The molecule has 1 aliphatic carbocycles. The molecule has 1 aromatic rings. The van der Waals surface area contributed by atoms with Crippen LogP contribution < -0.4 is 10.1 Å². The van der Waals surface area contributed by atoms with Gasteiger partial charge in [-0.2, -0.15) is 0 Å². The fourth-order valence-corrected chi connectivity index (χ4v) is 2.40. The van der Waals surface area contributed by atoms with Crippen LogP contribution in [0.1, 0.15) is 31.7 Å². The molecule has 3 nitrogen and oxygen atoms in total. The molecule has 1 unspecified atom stereocenters. The average Bonchev–Trinajstić information content (AvgIpc) is 2.74. The van der Waals surface area contributed by atoms with Crippen LogP contribution in [0.15, 0.2) is 24.3 Å². The highest BCUT2D eigenvalue weighted by Gasteiger charge is 2.26. The van der Waals surface area contributed by atoms with E-state index >= 15 is 0 Å². The minimum absolute atomic E-state index is 0.188. The zero-order chi connectivity index (χ0) is 13.0. The van der Waals surface area contributed by atoms with Gasteiger partial charge in [-0.25, -0.2) is 0 Å². The van der Waals surface area contributed by atoms with Crippen LogP contribution in [-0.2, 0) is 0 Å². The second-order valence-electron chi connectivity index (χ2n) is 5.30. The first-order chi connectivity index (χ1) is 8.65. The standard InChI is InChI=1S/C15H23NO2/c1-11-6-8-13(9-7-11)18-10-12(2)16-14-4-3-5-15(14)17/h6-9,12,14-17H,3-5,10H2,1-2H3/t12?,14-,15-/m1/s1. The van der Waals surface area contributed by atoms with E-state index < -0.39 is 0 Å². The second kappa shape index (κ2) is 6.21. The SMILES string of the molecule is Cc1ccc(OCC(C)N[C@@H]2CCC[C@H]2O)cc1. The molecule has 1 aliphatic rings. The third kappa shape index (κ3) is 3.72. The topological polar surface area (TPSA) is 41.5 Å². The first kappa shape index (κ1) is 13.4. The van der Waals surface area contributed by atoms with Crippen molar-refractivity contribution in [3.05, 3.63) is 29.8 Å². The number of benzene rings is 1. The average molecular weight is 249 g/mol. The van der Waals surface area contributed by atoms with E-state index in [1.165, 1.54) is 5.56 Å². The van der Waals surface area contributed by atoms with Gasteiger partial charge in [-0.15, -0.1) is 0 Å². The number of rotatable bonds is 5. The summed E-state index contributed by atoms with van der Waals surface area (Å²) in [5.74, 6) is 0.904. The summed E-state index contributed by atoms with van der Waals surface area (Å²) in [6.07, 6.45) is 2.91. The molecule has 3 heteroatoms. The van der Waals surface area contributed by atoms with Gasteiger partial charge in [-0.1, -0.05) is 17.7 Å². The molecule has 0 aliphatic heterocycles. The predicted molar refractivity (Wildman–Crippen MR) is 72.9 cm³/mol. The summed E-state index contributed by atoms with van der Waals surface area (Å²) in [6, 6.07) is 8.58. The van der Waals surface area contributed by atoms with Gasteiger partial charge in [0, 0.05) is 12.1 Å². The van der Waals surface area contributed by atoms with Crippen LogP contribution in [0.3, 0.4) is 0 Å². The number of aliphatic hydroxyl groups excluding tert-OH is 1. The minimum atomic E-state index is -0.188. The van der Waals surface area contributed by atoms with Gasteiger partial charge in [-0.3, -0.25) is 0 Å². The first-order valence-corrected chi connectivity index (χ1v) is 6.79. The molecule has 2 N–H and O–H groups in total. The molecule has 2 rings (SSSR count). The van der Waals surface area contributed by atoms with Crippen molar-refractivity contribution >= 4 is 0 Å². The molecule has 0 saturated heterocycles. The zero-order valence-electron chi connectivity index (χ0n) is 11.2. The summed E-state index contributed by atoms with van der Waals surface area (Å²) in [7, 11) is 0. The van der Waals surface area contributed by atoms with E-state index in [0.29, 0.717) is 6.61 Å². The summed E-state index contributed by atoms with van der Waals surface area (Å²) in [4.78, 5) is 0. The molecule has 0 bridgehead atoms. The number of nitrogens with one attached hydrogen (secondary N) is 1. The first-order valence-electron chi connectivity index (χ1n) is 6.79. The Labute approximate surface area is 109 Å². The normalized spacial score (nSPS) is 25.1. The van der Waals surface area contributed by atoms with Crippen LogP contribution in [0, 0.1) is 6.92 Å². The van der Waals surface area contributed by atoms with E-state index in [0.717, 1.165) is 25.0 Å². The van der Waals surface area contributed by atoms with Gasteiger partial charge in [0.1, 0.15) is 12.4 Å². The molecule has 0 aromatic heterocycles. The maximum Gasteiger partial charge on any atom is 0.119 e. The Balaban J connectivity index is 1.74. The Morgan fingerprint density at radius 2 is 2.06 bits per heavy atom. The number of ether oxygens (including phenoxy) is 1. The Bertz CT molecular complexity index is 363. The van der Waals surface area contributed by atoms with Gasteiger partial charge in [-0.05, 0) is 45.2 Å². The lowest BCUT2D eigenvalue weighted by Gasteiger charge is -2.22. The van der Waals surface area contributed by atoms with Gasteiger partial charge in [0.25, 0.3) is 0 Å². The Morgan fingerprint density at radius 3 is 2.67 bits per heavy atom. The Hall–Kier alpha value is -1.06. The van der Waals surface area contributed by atoms with E-state index in [1.54, 1.807) is 0 Å². The van der Waals surface area contributed by atoms with Crippen molar-refractivity contribution in [3.63, 3.8) is 0 Å². The lowest BCUT2D eigenvalue weighted by atomic mass is 10.2. The highest BCUT2D eigenvalue weighted by Crippen LogP contribution is 2.19. The van der Waals surface area contributed by atoms with Crippen molar-refractivity contribution in [1.82, 2.24) is 5.32 Å². The molecule has 0 spiro atoms. The molecule has 0 heterocycles. The molecule has 100 valence electrons. The Kier molecular flexibility index (Phi) is 4.61. The maximum absolute atomic E-state index is 9.75. The molecule has 1 aromatic carbocycles. The molecular weight excluding hydrogens is 226 g/mol. The van der Waals surface area contributed by atoms with Crippen LogP contribution in [-0.4, -0.2) is 29.9 Å². The fraction of sp³-hybridized carbons (Fsp3) is 0.600. The third-order valence-electron chi connectivity index (χ3n) is 3.50. The van der Waals surface area contributed by atoms with Gasteiger partial charge in [0.2, 0.25) is 0 Å². The lowest BCUT2D eigenvalue weighted by Crippen LogP contribution is -2.43. The van der Waals surface area contributed by atoms with Crippen LogP contribution >= 0.6 is 0 Å². The monoisotopic (exact) mass is 249 g/mol. The highest BCUT2D eigenvalue weighted by atomic mass is 16.5. The minimum Gasteiger partial charge on any atom is -0.492 e. The number of aliphatic hydroxyl groups is 1. The second-order valence-corrected chi connectivity index (χ2v) is 5.30. The van der Waals surface area contributed by atoms with Gasteiger partial charge < -0.3 is 15.2 Å². The quantitative estimate of drug-likeness (QED) is 0.841. The number of hydrogen-bond acceptors (Lipinski definition) is 3. The van der Waals surface area contributed by atoms with Crippen molar-refractivity contribution in [1.29, 1.82) is 0 Å². The van der Waals surface area contributed by atoms with Crippen molar-refractivity contribution in [2.45, 2.75) is 51.3 Å². The van der Waals surface area contributed by atoms with E-state index in [2.05, 4.69) is 19.2 Å². The maximum atomic E-state index is 9.75. The van der Waals surface area contributed by atoms with Crippen LogP contribution in [0.5, 0.6) is 5.75 Å². The van der Waals surface area contributed by atoms with E-state index in [4.69, 9.17) is 4.74 Å². The van der Waals surface area contributed by atoms with Gasteiger partial charge >= 0.3 is 0 Å². The molecule has 0 radical (unpaired) electrons. The lowest BCUT2D eigenvalue weighted by molar-refractivity contribution is 0.137. The van der Waals surface area contributed by atoms with E-state index in [1.807, 2.05) is 24.3 Å². The zero-order valence-corrected chi connectivity index (χ0v) is 11.2. The van der Waals surface area contributed by atoms with Crippen LogP contribution in [0.2, 0.25) is 0 Å². The van der Waals surface area contributed by atoms with Crippen LogP contribution in [0.4, 0.5) is 0 Å². The summed E-state index contributed by atoms with van der Waals surface area (Å²) >= 11 is 0. The largest absolute Gasteiger partial charge is 0.492 e. The van der Waals surface area contributed by atoms with Crippen molar-refractivity contribution in [2.75, 3.05) is 6.61 Å². The summed E-state index contributed by atoms with van der Waals surface area (Å²) < 4.78 is 5.72. The molecule has 1 saturated carbocycles. The molecular formula is C15H23NO2. The van der Waals surface area contributed by atoms with Crippen molar-refractivity contribution < 1.29 is 9.84 Å². The van der Waals surface area contributed by atoms with E-state index in [-0.39, 0.29) is 18.2 Å². The number of hydrogen-bond donors (Lipinski definition) is 2. The highest BCUT2D eigenvalue weighted by molar-refractivity contribution is 5.26. The molecule has 3 atom stereocenters. The Morgan fingerprint density at radius 1 is 1.33 bits per heavy atom. The van der Waals surface area contributed by atoms with Crippen molar-refractivity contribution in [3.8, 4) is 5.75 Å². The molecule has 18 heavy (non-hydrogen) atoms. The molecule has 0 amide bonds. The summed E-state index contributed by atoms with van der Waals surface area (Å²) in [5.41, 5.74) is 1.24. The van der Waals surface area contributed by atoms with E-state index in [9.17, 15) is 5.11 Å². The fourth-order valence-electron chi connectivity index (χ4n) is 2.40. The molecule has 1 fully saturated rings. The third-order valence-corrected chi connectivity index (χ3v) is 3.50. The van der Waals surface area contributed by atoms with Gasteiger partial charge in [0.15, 0.2) is 0 Å². The summed E-state index contributed by atoms with van der Waals surface area (Å²) in [6.45, 7) is 4.79. The summed E-state index contributed by atoms with van der Waals surface area (Å²) in [5, 5.41) is 13.2. The predicted octanol–water partition coefficient (Wildman–Crippen LogP) is 2.27. The van der Waals surface area contributed by atoms with Crippen molar-refractivity contribution in [2.24, 2.45) is 0 Å². The number of aryl methyl sites for hydroxylation is 1. The smallest absolute Gasteiger partial charge is 0.119 e. The van der Waals surface area contributed by atoms with Crippen LogP contribution in [0.25, 0.3) is 0 Å².